The average Bonchev–Trinajstić information content (AvgIpc) is 2.81. The Morgan fingerprint density at radius 1 is 1.17 bits per heavy atom. The lowest BCUT2D eigenvalue weighted by Gasteiger charge is -2.11. The van der Waals surface area contributed by atoms with E-state index in [1.807, 2.05) is 31.2 Å². The van der Waals surface area contributed by atoms with E-state index in [2.05, 4.69) is 29.7 Å². The number of hydrogen-bond donors (Lipinski definition) is 1. The zero-order valence-corrected chi connectivity index (χ0v) is 14.6. The number of fused-ring (bicyclic) bond motifs is 1. The highest BCUT2D eigenvalue weighted by Gasteiger charge is 2.18. The highest BCUT2D eigenvalue weighted by Crippen LogP contribution is 2.29. The maximum Gasteiger partial charge on any atom is 0.307 e. The SMILES string of the molecule is CCc1c(CC(=O)O)c2cc(C)ccc2n1Cc1ccc(Cl)cc1. The van der Waals surface area contributed by atoms with Crippen LogP contribution in [0.25, 0.3) is 10.9 Å². The topological polar surface area (TPSA) is 42.2 Å². The first kappa shape index (κ1) is 16.6. The van der Waals surface area contributed by atoms with Gasteiger partial charge in [-0.1, -0.05) is 42.3 Å². The zero-order chi connectivity index (χ0) is 17.3. The molecule has 0 saturated heterocycles. The molecule has 3 aromatic rings. The number of carbonyl (C=O) groups is 1. The van der Waals surface area contributed by atoms with Gasteiger partial charge in [0.25, 0.3) is 0 Å². The van der Waals surface area contributed by atoms with Gasteiger partial charge in [-0.2, -0.15) is 0 Å². The molecule has 2 aromatic carbocycles. The van der Waals surface area contributed by atoms with Crippen LogP contribution >= 0.6 is 11.6 Å². The number of aromatic nitrogens is 1. The highest BCUT2D eigenvalue weighted by molar-refractivity contribution is 6.30. The zero-order valence-electron chi connectivity index (χ0n) is 13.8. The van der Waals surface area contributed by atoms with Gasteiger partial charge >= 0.3 is 5.97 Å². The lowest BCUT2D eigenvalue weighted by molar-refractivity contribution is -0.136. The standard InChI is InChI=1S/C20H20ClNO2/c1-3-18-17(11-20(23)24)16-10-13(2)4-9-19(16)22(18)12-14-5-7-15(21)8-6-14/h4-10H,3,11-12H2,1-2H3,(H,23,24). The molecule has 124 valence electrons. The van der Waals surface area contributed by atoms with Crippen LogP contribution in [0, 0.1) is 6.92 Å². The molecule has 0 atom stereocenters. The smallest absolute Gasteiger partial charge is 0.307 e. The molecular weight excluding hydrogens is 322 g/mol. The van der Waals surface area contributed by atoms with Crippen LogP contribution in [0.4, 0.5) is 0 Å². The number of aryl methyl sites for hydroxylation is 1. The Bertz CT molecular complexity index is 894. The summed E-state index contributed by atoms with van der Waals surface area (Å²) in [5.41, 5.74) is 5.39. The molecule has 0 aliphatic rings. The Balaban J connectivity index is 2.18. The second-order valence-electron chi connectivity index (χ2n) is 6.08. The van der Waals surface area contributed by atoms with Gasteiger partial charge in [-0.15, -0.1) is 0 Å². The first-order valence-corrected chi connectivity index (χ1v) is 8.44. The van der Waals surface area contributed by atoms with Crippen molar-refractivity contribution in [2.75, 3.05) is 0 Å². The molecule has 1 N–H and O–H groups in total. The second kappa shape index (κ2) is 6.70. The molecule has 3 rings (SSSR count). The number of benzene rings is 2. The van der Waals surface area contributed by atoms with Gasteiger partial charge in [0.1, 0.15) is 0 Å². The van der Waals surface area contributed by atoms with E-state index in [4.69, 9.17) is 11.6 Å². The van der Waals surface area contributed by atoms with E-state index in [0.717, 1.165) is 39.7 Å². The van der Waals surface area contributed by atoms with Crippen LogP contribution in [0.1, 0.15) is 29.3 Å². The van der Waals surface area contributed by atoms with E-state index in [9.17, 15) is 9.90 Å². The van der Waals surface area contributed by atoms with Gasteiger partial charge in [-0.3, -0.25) is 4.79 Å². The van der Waals surface area contributed by atoms with Gasteiger partial charge in [0.2, 0.25) is 0 Å². The molecule has 3 nitrogen and oxygen atoms in total. The van der Waals surface area contributed by atoms with Crippen LogP contribution in [0.3, 0.4) is 0 Å². The Morgan fingerprint density at radius 3 is 2.50 bits per heavy atom. The molecule has 1 heterocycles. The van der Waals surface area contributed by atoms with Crippen molar-refractivity contribution in [3.05, 3.63) is 69.9 Å². The van der Waals surface area contributed by atoms with Gasteiger partial charge in [-0.25, -0.2) is 0 Å². The minimum atomic E-state index is -0.795. The molecule has 0 spiro atoms. The van der Waals surface area contributed by atoms with Crippen LogP contribution in [-0.4, -0.2) is 15.6 Å². The summed E-state index contributed by atoms with van der Waals surface area (Å²) in [5.74, 6) is -0.795. The van der Waals surface area contributed by atoms with Crippen molar-refractivity contribution in [3.63, 3.8) is 0 Å². The Hall–Kier alpha value is -2.26. The largest absolute Gasteiger partial charge is 0.481 e. The van der Waals surface area contributed by atoms with Crippen molar-refractivity contribution in [1.82, 2.24) is 4.57 Å². The summed E-state index contributed by atoms with van der Waals surface area (Å²) in [6, 6.07) is 14.0. The summed E-state index contributed by atoms with van der Waals surface area (Å²) in [7, 11) is 0. The fourth-order valence-corrected chi connectivity index (χ4v) is 3.42. The molecule has 1 aromatic heterocycles. The van der Waals surface area contributed by atoms with Gasteiger partial charge in [0.05, 0.1) is 6.42 Å². The van der Waals surface area contributed by atoms with Crippen LogP contribution in [0.15, 0.2) is 42.5 Å². The summed E-state index contributed by atoms with van der Waals surface area (Å²) in [5, 5.41) is 11.1. The molecule has 4 heteroatoms. The van der Waals surface area contributed by atoms with Crippen LogP contribution in [0.5, 0.6) is 0 Å². The molecule has 24 heavy (non-hydrogen) atoms. The third-order valence-corrected chi connectivity index (χ3v) is 4.61. The molecular formula is C20H20ClNO2. The van der Waals surface area contributed by atoms with Crippen molar-refractivity contribution in [1.29, 1.82) is 0 Å². The van der Waals surface area contributed by atoms with Crippen LogP contribution in [-0.2, 0) is 24.2 Å². The van der Waals surface area contributed by atoms with Gasteiger partial charge in [-0.05, 0) is 48.7 Å². The number of hydrogen-bond acceptors (Lipinski definition) is 1. The van der Waals surface area contributed by atoms with Crippen molar-refractivity contribution in [2.45, 2.75) is 33.2 Å². The van der Waals surface area contributed by atoms with Crippen molar-refractivity contribution < 1.29 is 9.90 Å². The summed E-state index contributed by atoms with van der Waals surface area (Å²) in [6.45, 7) is 4.82. The normalized spacial score (nSPS) is 11.1. The van der Waals surface area contributed by atoms with E-state index >= 15 is 0 Å². The highest BCUT2D eigenvalue weighted by atomic mass is 35.5. The number of nitrogens with zero attached hydrogens (tertiary/aromatic N) is 1. The van der Waals surface area contributed by atoms with E-state index in [-0.39, 0.29) is 6.42 Å². The predicted octanol–water partition coefficient (Wildman–Crippen LogP) is 4.84. The molecule has 0 amide bonds. The molecule has 0 bridgehead atoms. The number of carboxylic acids is 1. The first-order chi connectivity index (χ1) is 11.5. The average molecular weight is 342 g/mol. The molecule has 0 aliphatic carbocycles. The minimum absolute atomic E-state index is 0.0523. The number of aliphatic carboxylic acids is 1. The summed E-state index contributed by atoms with van der Waals surface area (Å²) in [6.07, 6.45) is 0.848. The van der Waals surface area contributed by atoms with Crippen molar-refractivity contribution in [3.8, 4) is 0 Å². The maximum absolute atomic E-state index is 11.3. The molecule has 0 fully saturated rings. The lowest BCUT2D eigenvalue weighted by Crippen LogP contribution is -2.07. The van der Waals surface area contributed by atoms with Crippen LogP contribution in [0.2, 0.25) is 5.02 Å². The lowest BCUT2D eigenvalue weighted by atomic mass is 10.0. The van der Waals surface area contributed by atoms with Gasteiger partial charge in [0, 0.05) is 28.2 Å². The number of carboxylic acid groups (broad SMARTS) is 1. The van der Waals surface area contributed by atoms with E-state index < -0.39 is 5.97 Å². The minimum Gasteiger partial charge on any atom is -0.481 e. The third kappa shape index (κ3) is 3.17. The molecule has 0 unspecified atom stereocenters. The van der Waals surface area contributed by atoms with Crippen molar-refractivity contribution >= 4 is 28.5 Å². The Labute approximate surface area is 146 Å². The van der Waals surface area contributed by atoms with E-state index in [1.165, 1.54) is 0 Å². The summed E-state index contributed by atoms with van der Waals surface area (Å²) < 4.78 is 2.23. The van der Waals surface area contributed by atoms with Crippen LogP contribution < -0.4 is 0 Å². The second-order valence-corrected chi connectivity index (χ2v) is 6.52. The summed E-state index contributed by atoms with van der Waals surface area (Å²) >= 11 is 5.98. The van der Waals surface area contributed by atoms with Gasteiger partial charge < -0.3 is 9.67 Å². The van der Waals surface area contributed by atoms with E-state index in [1.54, 1.807) is 0 Å². The van der Waals surface area contributed by atoms with E-state index in [0.29, 0.717) is 11.6 Å². The monoisotopic (exact) mass is 341 g/mol. The molecule has 0 saturated carbocycles. The Kier molecular flexibility index (Phi) is 4.63. The molecule has 0 radical (unpaired) electrons. The maximum atomic E-state index is 11.3. The third-order valence-electron chi connectivity index (χ3n) is 4.36. The van der Waals surface area contributed by atoms with Crippen molar-refractivity contribution in [2.24, 2.45) is 0 Å². The number of halogens is 1. The summed E-state index contributed by atoms with van der Waals surface area (Å²) in [4.78, 5) is 11.3. The quantitative estimate of drug-likeness (QED) is 0.721. The number of rotatable bonds is 5. The van der Waals surface area contributed by atoms with Gasteiger partial charge in [0.15, 0.2) is 0 Å². The first-order valence-electron chi connectivity index (χ1n) is 8.06. The Morgan fingerprint density at radius 2 is 1.88 bits per heavy atom. The fourth-order valence-electron chi connectivity index (χ4n) is 3.30. The fraction of sp³-hybridized carbons (Fsp3) is 0.250. The molecule has 0 aliphatic heterocycles. The predicted molar refractivity (Wildman–Crippen MR) is 97.9 cm³/mol.